The number of nitrogens with one attached hydrogen (secondary N) is 1. The van der Waals surface area contributed by atoms with Gasteiger partial charge in [-0.1, -0.05) is 110 Å². The Morgan fingerprint density at radius 1 is 0.907 bits per heavy atom. The third-order valence-electron chi connectivity index (χ3n) is 8.46. The standard InChI is InChI=1S/C19H15N.C16H18ClNO4S/c1-3-8-15(9-4-1)19(16-10-5-2-6-11-16)17-12-7-13-18(14-17)20-19;1-2-23(21)16(13(17)8-12-9-14(19)18(12)16)15(20)22-10-11-6-4-3-5-7-11/h1-14,20H;3-7,12-13H,2,8-10H2,1H3. The van der Waals surface area contributed by atoms with Crippen molar-refractivity contribution in [3.05, 3.63) is 138 Å². The summed E-state index contributed by atoms with van der Waals surface area (Å²) in [7, 11) is -1.60. The van der Waals surface area contributed by atoms with E-state index in [1.807, 2.05) is 30.3 Å². The summed E-state index contributed by atoms with van der Waals surface area (Å²) in [5, 5.41) is 3.01. The topological polar surface area (TPSA) is 75.7 Å². The van der Waals surface area contributed by atoms with Crippen LogP contribution < -0.4 is 5.32 Å². The molecule has 1 amide bonds. The number of β-lactam (4-membered cyclic amide) rings is 1. The van der Waals surface area contributed by atoms with Crippen molar-refractivity contribution < 1.29 is 18.5 Å². The minimum Gasteiger partial charge on any atom is -0.458 e. The maximum absolute atomic E-state index is 12.8. The summed E-state index contributed by atoms with van der Waals surface area (Å²) in [5.74, 6) is -0.617. The summed E-state index contributed by atoms with van der Waals surface area (Å²) in [6.45, 7) is 1.78. The highest BCUT2D eigenvalue weighted by atomic mass is 35.5. The van der Waals surface area contributed by atoms with Crippen LogP contribution in [0.2, 0.25) is 0 Å². The average Bonchev–Trinajstić information content (AvgIpc) is 3.46. The van der Waals surface area contributed by atoms with Gasteiger partial charge >= 0.3 is 5.97 Å². The molecule has 43 heavy (non-hydrogen) atoms. The van der Waals surface area contributed by atoms with Crippen molar-refractivity contribution in [2.45, 2.75) is 48.2 Å². The van der Waals surface area contributed by atoms with E-state index in [2.05, 4.69) is 90.2 Å². The van der Waals surface area contributed by atoms with Crippen LogP contribution in [0, 0.1) is 0 Å². The second-order valence-corrected chi connectivity index (χ2v) is 13.3. The van der Waals surface area contributed by atoms with Crippen LogP contribution >= 0.6 is 11.6 Å². The number of hydrogen-bond donors (Lipinski definition) is 1. The van der Waals surface area contributed by atoms with Crippen LogP contribution in [0.25, 0.3) is 0 Å². The van der Waals surface area contributed by atoms with Gasteiger partial charge in [-0.15, -0.1) is 11.6 Å². The smallest absolute Gasteiger partial charge is 0.347 e. The van der Waals surface area contributed by atoms with Crippen LogP contribution in [0.15, 0.2) is 115 Å². The van der Waals surface area contributed by atoms with Crippen molar-refractivity contribution in [2.24, 2.45) is 0 Å². The number of fused-ring (bicyclic) bond motifs is 3. The first-order valence-electron chi connectivity index (χ1n) is 14.5. The SMILES string of the molecule is CCS(=O)C1(C(=O)OCc2ccccc2)C(Cl)CC2CC(=O)N21.c1ccc(C2(c3ccccc3)Nc3cccc2c3)cc1. The van der Waals surface area contributed by atoms with Gasteiger partial charge in [0, 0.05) is 23.9 Å². The molecule has 2 fully saturated rings. The van der Waals surface area contributed by atoms with Gasteiger partial charge in [0.05, 0.1) is 16.2 Å². The quantitative estimate of drug-likeness (QED) is 0.153. The molecule has 3 aliphatic rings. The summed E-state index contributed by atoms with van der Waals surface area (Å²) < 4.78 is 18.1. The molecule has 0 radical (unpaired) electrons. The lowest BCUT2D eigenvalue weighted by atomic mass is 9.79. The molecular formula is C35H33ClN2O4S. The molecule has 8 heteroatoms. The normalized spacial score (nSPS) is 23.2. The molecule has 4 aromatic rings. The maximum atomic E-state index is 12.8. The molecule has 0 aliphatic carbocycles. The van der Waals surface area contributed by atoms with Gasteiger partial charge in [0.1, 0.15) is 12.1 Å². The van der Waals surface area contributed by atoms with Gasteiger partial charge in [0.2, 0.25) is 10.8 Å². The Labute approximate surface area is 259 Å². The van der Waals surface area contributed by atoms with Crippen LogP contribution in [-0.2, 0) is 37.3 Å². The third kappa shape index (κ3) is 4.94. The lowest BCUT2D eigenvalue weighted by Gasteiger charge is -2.44. The van der Waals surface area contributed by atoms with Crippen molar-refractivity contribution in [3.63, 3.8) is 0 Å². The lowest BCUT2D eigenvalue weighted by molar-refractivity contribution is -0.164. The summed E-state index contributed by atoms with van der Waals surface area (Å²) in [4.78, 5) is 24.6. The number of esters is 1. The fourth-order valence-electron chi connectivity index (χ4n) is 6.43. The highest BCUT2D eigenvalue weighted by Crippen LogP contribution is 2.48. The predicted octanol–water partition coefficient (Wildman–Crippen LogP) is 6.21. The van der Waals surface area contributed by atoms with Crippen molar-refractivity contribution in [1.82, 2.24) is 4.90 Å². The summed E-state index contributed by atoms with van der Waals surface area (Å²) in [6, 6.07) is 39.1. The van der Waals surface area contributed by atoms with E-state index in [1.165, 1.54) is 27.3 Å². The molecule has 0 saturated carbocycles. The van der Waals surface area contributed by atoms with Gasteiger partial charge in [0.15, 0.2) is 0 Å². The molecule has 2 bridgehead atoms. The molecule has 220 valence electrons. The number of ether oxygens (including phenoxy) is 1. The Morgan fingerprint density at radius 3 is 2.05 bits per heavy atom. The minimum atomic E-state index is -1.60. The van der Waals surface area contributed by atoms with Crippen molar-refractivity contribution in [3.8, 4) is 0 Å². The minimum absolute atomic E-state index is 0.0681. The summed E-state index contributed by atoms with van der Waals surface area (Å²) in [6.07, 6.45) is 0.831. The molecule has 3 aliphatic heterocycles. The van der Waals surface area contributed by atoms with Gasteiger partial charge in [0.25, 0.3) is 0 Å². The van der Waals surface area contributed by atoms with E-state index < -0.39 is 27.0 Å². The average molecular weight is 613 g/mol. The molecular weight excluding hydrogens is 580 g/mol. The molecule has 7 rings (SSSR count). The molecule has 4 aromatic carbocycles. The molecule has 6 nitrogen and oxygen atoms in total. The van der Waals surface area contributed by atoms with Crippen molar-refractivity contribution in [1.29, 1.82) is 0 Å². The zero-order valence-corrected chi connectivity index (χ0v) is 25.4. The van der Waals surface area contributed by atoms with E-state index in [0.29, 0.717) is 12.8 Å². The van der Waals surface area contributed by atoms with Gasteiger partial charge in [-0.2, -0.15) is 0 Å². The van der Waals surface area contributed by atoms with Crippen LogP contribution in [-0.4, -0.2) is 43.0 Å². The lowest BCUT2D eigenvalue weighted by Crippen LogP contribution is -2.66. The number of hydrogen-bond acceptors (Lipinski definition) is 5. The number of rotatable bonds is 7. The summed E-state index contributed by atoms with van der Waals surface area (Å²) >= 11 is 6.39. The molecule has 4 atom stereocenters. The fraction of sp³-hybridized carbons (Fsp3) is 0.257. The van der Waals surface area contributed by atoms with Gasteiger partial charge < -0.3 is 15.0 Å². The maximum Gasteiger partial charge on any atom is 0.347 e. The molecule has 2 saturated heterocycles. The van der Waals surface area contributed by atoms with Crippen LogP contribution in [0.1, 0.15) is 42.0 Å². The van der Waals surface area contributed by atoms with Crippen LogP contribution in [0.4, 0.5) is 5.69 Å². The van der Waals surface area contributed by atoms with E-state index in [1.54, 1.807) is 6.92 Å². The first-order chi connectivity index (χ1) is 20.9. The van der Waals surface area contributed by atoms with E-state index in [4.69, 9.17) is 16.3 Å². The Hall–Kier alpha value is -3.94. The zero-order chi connectivity index (χ0) is 30.0. The third-order valence-corrected chi connectivity index (χ3v) is 11.0. The number of nitrogens with zero attached hydrogens (tertiary/aromatic N) is 1. The number of amides is 1. The van der Waals surface area contributed by atoms with E-state index >= 15 is 0 Å². The number of carbonyl (C=O) groups excluding carboxylic acids is 2. The predicted molar refractivity (Wildman–Crippen MR) is 170 cm³/mol. The Balaban J connectivity index is 0.000000154. The number of anilines is 1. The Kier molecular flexibility index (Phi) is 8.12. The summed E-state index contributed by atoms with van der Waals surface area (Å²) in [5.41, 5.74) is 5.58. The zero-order valence-electron chi connectivity index (χ0n) is 23.8. The van der Waals surface area contributed by atoms with E-state index in [-0.39, 0.29) is 29.8 Å². The molecule has 3 heterocycles. The number of carbonyl (C=O) groups is 2. The molecule has 0 aromatic heterocycles. The highest BCUT2D eigenvalue weighted by Gasteiger charge is 2.68. The molecule has 1 N–H and O–H groups in total. The number of benzene rings is 4. The van der Waals surface area contributed by atoms with E-state index in [9.17, 15) is 13.8 Å². The monoisotopic (exact) mass is 612 g/mol. The first kappa shape index (κ1) is 29.1. The molecule has 4 unspecified atom stereocenters. The van der Waals surface area contributed by atoms with Gasteiger partial charge in [-0.05, 0) is 40.8 Å². The van der Waals surface area contributed by atoms with Crippen LogP contribution in [0.5, 0.6) is 0 Å². The number of halogens is 1. The van der Waals surface area contributed by atoms with E-state index in [0.717, 1.165) is 5.56 Å². The first-order valence-corrected chi connectivity index (χ1v) is 16.2. The van der Waals surface area contributed by atoms with Gasteiger partial charge in [-0.3, -0.25) is 9.00 Å². The number of alkyl halides is 1. The Bertz CT molecular complexity index is 1600. The van der Waals surface area contributed by atoms with Crippen molar-refractivity contribution >= 4 is 40.0 Å². The molecule has 0 spiro atoms. The highest BCUT2D eigenvalue weighted by molar-refractivity contribution is 7.87. The van der Waals surface area contributed by atoms with Crippen LogP contribution in [0.3, 0.4) is 0 Å². The van der Waals surface area contributed by atoms with Gasteiger partial charge in [-0.25, -0.2) is 4.79 Å². The largest absolute Gasteiger partial charge is 0.458 e. The van der Waals surface area contributed by atoms with Crippen molar-refractivity contribution in [2.75, 3.05) is 11.1 Å². The second-order valence-electron chi connectivity index (χ2n) is 10.9. The Morgan fingerprint density at radius 2 is 1.49 bits per heavy atom. The second kappa shape index (κ2) is 12.0. The fourth-order valence-corrected chi connectivity index (χ4v) is 8.67.